The minimum Gasteiger partial charge on any atom is -0.486 e. The van der Waals surface area contributed by atoms with E-state index in [1.54, 1.807) is 0 Å². The summed E-state index contributed by atoms with van der Waals surface area (Å²) in [6, 6.07) is 15.7. The second kappa shape index (κ2) is 10.1. The number of aliphatic hydroxyl groups is 1. The molecule has 0 bridgehead atoms. The molecule has 0 radical (unpaired) electrons. The Bertz CT molecular complexity index is 832. The van der Waals surface area contributed by atoms with Crippen molar-refractivity contribution in [2.24, 2.45) is 5.92 Å². The molecule has 2 aliphatic heterocycles. The topological polar surface area (TPSA) is 59.0 Å². The first-order valence-corrected chi connectivity index (χ1v) is 11.0. The number of fused-ring (bicyclic) bond motifs is 1. The maximum absolute atomic E-state index is 12.8. The van der Waals surface area contributed by atoms with Crippen molar-refractivity contribution < 1.29 is 19.4 Å². The fraction of sp³-hybridized carbons (Fsp3) is 0.480. The number of carbonyl (C=O) groups excluding carboxylic acids is 1. The third-order valence-corrected chi connectivity index (χ3v) is 6.07. The predicted octanol–water partition coefficient (Wildman–Crippen LogP) is 3.80. The Hall–Kier alpha value is -2.37. The molecule has 4 rings (SSSR count). The number of carbonyl (C=O) groups is 1. The number of rotatable bonds is 9. The van der Waals surface area contributed by atoms with Gasteiger partial charge in [0.1, 0.15) is 19.0 Å². The van der Waals surface area contributed by atoms with Crippen LogP contribution in [0.5, 0.6) is 11.5 Å². The standard InChI is InChI=1S/C25H31NO4/c27-22(10-8-19-6-2-1-3-7-19)16-21(18-26-12-4-5-13-26)25(28)20-9-11-23-24(17-20)30-15-14-29-23/h1-3,6-7,9,11,17,21,25,28H,4-5,8,10,12-16,18H2/t21-,25-/m1/s1. The first kappa shape index (κ1) is 20.9. The molecule has 5 nitrogen and oxygen atoms in total. The zero-order chi connectivity index (χ0) is 20.8. The van der Waals surface area contributed by atoms with Crippen LogP contribution in [0.25, 0.3) is 0 Å². The summed E-state index contributed by atoms with van der Waals surface area (Å²) in [5, 5.41) is 11.2. The molecular weight excluding hydrogens is 378 g/mol. The maximum atomic E-state index is 12.8. The van der Waals surface area contributed by atoms with E-state index < -0.39 is 6.10 Å². The van der Waals surface area contributed by atoms with Crippen LogP contribution >= 0.6 is 0 Å². The minimum absolute atomic E-state index is 0.131. The van der Waals surface area contributed by atoms with Gasteiger partial charge < -0.3 is 19.5 Å². The second-order valence-corrected chi connectivity index (χ2v) is 8.34. The van der Waals surface area contributed by atoms with Crippen LogP contribution in [-0.2, 0) is 11.2 Å². The maximum Gasteiger partial charge on any atom is 0.161 e. The van der Waals surface area contributed by atoms with E-state index in [0.29, 0.717) is 37.6 Å². The molecule has 2 aromatic rings. The van der Waals surface area contributed by atoms with E-state index in [0.717, 1.165) is 31.6 Å². The lowest BCUT2D eigenvalue weighted by Gasteiger charge is -2.28. The number of Topliss-reactive ketones (excluding diaryl/α,β-unsaturated/α-hetero) is 1. The Morgan fingerprint density at radius 1 is 1.00 bits per heavy atom. The summed E-state index contributed by atoms with van der Waals surface area (Å²) in [7, 11) is 0. The van der Waals surface area contributed by atoms with Gasteiger partial charge in [0.05, 0.1) is 6.10 Å². The van der Waals surface area contributed by atoms with Crippen LogP contribution in [0.4, 0.5) is 0 Å². The van der Waals surface area contributed by atoms with Crippen LogP contribution in [0.2, 0.25) is 0 Å². The summed E-state index contributed by atoms with van der Waals surface area (Å²) in [4.78, 5) is 15.2. The average molecular weight is 410 g/mol. The predicted molar refractivity (Wildman–Crippen MR) is 116 cm³/mol. The number of hydrogen-bond acceptors (Lipinski definition) is 5. The van der Waals surface area contributed by atoms with E-state index >= 15 is 0 Å². The number of aliphatic hydroxyl groups excluding tert-OH is 1. The van der Waals surface area contributed by atoms with Crippen molar-refractivity contribution in [3.63, 3.8) is 0 Å². The number of ether oxygens (including phenoxy) is 2. The zero-order valence-corrected chi connectivity index (χ0v) is 17.5. The molecule has 0 amide bonds. The van der Waals surface area contributed by atoms with E-state index in [1.807, 2.05) is 36.4 Å². The van der Waals surface area contributed by atoms with Gasteiger partial charge in [-0.2, -0.15) is 0 Å². The quantitative estimate of drug-likeness (QED) is 0.683. The van der Waals surface area contributed by atoms with Crippen molar-refractivity contribution in [3.8, 4) is 11.5 Å². The summed E-state index contributed by atoms with van der Waals surface area (Å²) in [5.74, 6) is 1.47. The third kappa shape index (κ3) is 5.41. The van der Waals surface area contributed by atoms with Crippen molar-refractivity contribution in [1.82, 2.24) is 4.90 Å². The van der Waals surface area contributed by atoms with Crippen molar-refractivity contribution in [1.29, 1.82) is 0 Å². The fourth-order valence-corrected chi connectivity index (χ4v) is 4.41. The summed E-state index contributed by atoms with van der Waals surface area (Å²) in [6.07, 6.45) is 3.31. The highest BCUT2D eigenvalue weighted by Crippen LogP contribution is 2.35. The highest BCUT2D eigenvalue weighted by Gasteiger charge is 2.28. The van der Waals surface area contributed by atoms with Crippen molar-refractivity contribution >= 4 is 5.78 Å². The lowest BCUT2D eigenvalue weighted by atomic mass is 9.89. The summed E-state index contributed by atoms with van der Waals surface area (Å²) < 4.78 is 11.3. The molecule has 0 aromatic heterocycles. The zero-order valence-electron chi connectivity index (χ0n) is 17.5. The van der Waals surface area contributed by atoms with Gasteiger partial charge in [0.2, 0.25) is 0 Å². The number of likely N-dealkylation sites (tertiary alicyclic amines) is 1. The van der Waals surface area contributed by atoms with E-state index in [4.69, 9.17) is 9.47 Å². The van der Waals surface area contributed by atoms with Crippen LogP contribution < -0.4 is 9.47 Å². The summed E-state index contributed by atoms with van der Waals surface area (Å²) >= 11 is 0. The van der Waals surface area contributed by atoms with Crippen LogP contribution in [0.15, 0.2) is 48.5 Å². The lowest BCUT2D eigenvalue weighted by Crippen LogP contribution is -2.32. The summed E-state index contributed by atoms with van der Waals surface area (Å²) in [6.45, 7) is 3.89. The molecule has 1 fully saturated rings. The van der Waals surface area contributed by atoms with Crippen molar-refractivity contribution in [2.45, 2.75) is 38.2 Å². The highest BCUT2D eigenvalue weighted by molar-refractivity contribution is 5.79. The largest absolute Gasteiger partial charge is 0.486 e. The third-order valence-electron chi connectivity index (χ3n) is 6.07. The van der Waals surface area contributed by atoms with E-state index in [2.05, 4.69) is 17.0 Å². The molecule has 0 saturated carbocycles. The molecule has 1 N–H and O–H groups in total. The second-order valence-electron chi connectivity index (χ2n) is 8.34. The molecule has 1 saturated heterocycles. The van der Waals surface area contributed by atoms with Crippen molar-refractivity contribution in [2.75, 3.05) is 32.8 Å². The molecular formula is C25H31NO4. The average Bonchev–Trinajstić information content (AvgIpc) is 3.30. The molecule has 0 unspecified atom stereocenters. The molecule has 0 aliphatic carbocycles. The molecule has 2 aromatic carbocycles. The van der Waals surface area contributed by atoms with Gasteiger partial charge in [-0.15, -0.1) is 0 Å². The van der Waals surface area contributed by atoms with Crippen molar-refractivity contribution in [3.05, 3.63) is 59.7 Å². The molecule has 5 heteroatoms. The van der Waals surface area contributed by atoms with E-state index in [1.165, 1.54) is 18.4 Å². The Kier molecular flexibility index (Phi) is 7.03. The van der Waals surface area contributed by atoms with E-state index in [-0.39, 0.29) is 11.7 Å². The smallest absolute Gasteiger partial charge is 0.161 e. The number of ketones is 1. The van der Waals surface area contributed by atoms with Gasteiger partial charge in [0.25, 0.3) is 0 Å². The number of hydrogen-bond donors (Lipinski definition) is 1. The number of benzene rings is 2. The molecule has 30 heavy (non-hydrogen) atoms. The van der Waals surface area contributed by atoms with Crippen LogP contribution in [0.3, 0.4) is 0 Å². The van der Waals surface area contributed by atoms with Gasteiger partial charge >= 0.3 is 0 Å². The van der Waals surface area contributed by atoms with Gasteiger partial charge in [-0.05, 0) is 55.6 Å². The minimum atomic E-state index is -0.706. The lowest BCUT2D eigenvalue weighted by molar-refractivity contribution is -0.121. The molecule has 0 spiro atoms. The van der Waals surface area contributed by atoms with Gasteiger partial charge in [-0.25, -0.2) is 0 Å². The number of aryl methyl sites for hydroxylation is 1. The van der Waals surface area contributed by atoms with Crippen LogP contribution in [-0.4, -0.2) is 48.6 Å². The summed E-state index contributed by atoms with van der Waals surface area (Å²) in [5.41, 5.74) is 1.97. The van der Waals surface area contributed by atoms with E-state index in [9.17, 15) is 9.90 Å². The Balaban J connectivity index is 1.43. The number of nitrogens with zero attached hydrogens (tertiary/aromatic N) is 1. The molecule has 160 valence electrons. The van der Waals surface area contributed by atoms with Crippen LogP contribution in [0.1, 0.15) is 42.9 Å². The first-order chi connectivity index (χ1) is 14.7. The van der Waals surface area contributed by atoms with Gasteiger partial charge in [0, 0.05) is 25.3 Å². The highest BCUT2D eigenvalue weighted by atomic mass is 16.6. The molecule has 2 aliphatic rings. The van der Waals surface area contributed by atoms with Gasteiger partial charge in [0.15, 0.2) is 11.5 Å². The van der Waals surface area contributed by atoms with Crippen LogP contribution in [0, 0.1) is 5.92 Å². The fourth-order valence-electron chi connectivity index (χ4n) is 4.41. The van der Waals surface area contributed by atoms with Gasteiger partial charge in [-0.1, -0.05) is 36.4 Å². The Morgan fingerprint density at radius 3 is 2.50 bits per heavy atom. The van der Waals surface area contributed by atoms with Gasteiger partial charge in [-0.3, -0.25) is 4.79 Å². The normalized spacial score (nSPS) is 18.2. The first-order valence-electron chi connectivity index (χ1n) is 11.0. The molecule has 2 heterocycles. The Labute approximate surface area is 178 Å². The Morgan fingerprint density at radius 2 is 1.73 bits per heavy atom. The monoisotopic (exact) mass is 409 g/mol. The SMILES string of the molecule is O=C(CCc1ccccc1)C[C@H](CN1CCCC1)[C@H](O)c1ccc2c(c1)OCCO2. The molecule has 2 atom stereocenters.